The largest absolute Gasteiger partial charge is 0.573 e. The zero-order valence-corrected chi connectivity index (χ0v) is 9.79. The highest BCUT2D eigenvalue weighted by molar-refractivity contribution is 6.32. The molecule has 94 valence electrons. The van der Waals surface area contributed by atoms with Gasteiger partial charge in [0.2, 0.25) is 0 Å². The maximum absolute atomic E-state index is 12.1. The highest BCUT2D eigenvalue weighted by atomic mass is 35.5. The molecule has 0 bridgehead atoms. The topological polar surface area (TPSA) is 9.23 Å². The number of alkyl halides is 3. The lowest BCUT2D eigenvalue weighted by molar-refractivity contribution is -0.274. The fourth-order valence-corrected chi connectivity index (χ4v) is 1.74. The van der Waals surface area contributed by atoms with Crippen LogP contribution in [-0.4, -0.2) is 6.36 Å². The van der Waals surface area contributed by atoms with Crippen molar-refractivity contribution in [2.24, 2.45) is 0 Å². The van der Waals surface area contributed by atoms with Crippen LogP contribution in [0.1, 0.15) is 0 Å². The summed E-state index contributed by atoms with van der Waals surface area (Å²) < 4.78 is 40.0. The van der Waals surface area contributed by atoms with E-state index in [-0.39, 0.29) is 5.02 Å². The van der Waals surface area contributed by atoms with Gasteiger partial charge in [0.15, 0.2) is 0 Å². The first kappa shape index (κ1) is 12.8. The predicted molar refractivity (Wildman–Crippen MR) is 63.6 cm³/mol. The molecule has 0 aliphatic rings. The minimum atomic E-state index is -4.74. The van der Waals surface area contributed by atoms with E-state index in [0.29, 0.717) is 0 Å². The van der Waals surface area contributed by atoms with E-state index < -0.39 is 12.1 Å². The van der Waals surface area contributed by atoms with Crippen molar-refractivity contribution in [2.75, 3.05) is 0 Å². The van der Waals surface area contributed by atoms with Gasteiger partial charge in [0.05, 0.1) is 5.02 Å². The first-order valence-corrected chi connectivity index (χ1v) is 5.44. The van der Waals surface area contributed by atoms with Crippen LogP contribution in [0.4, 0.5) is 13.2 Å². The van der Waals surface area contributed by atoms with Gasteiger partial charge in [-0.3, -0.25) is 0 Å². The molecule has 0 unspecified atom stereocenters. The van der Waals surface area contributed by atoms with Gasteiger partial charge in [0.25, 0.3) is 0 Å². The molecule has 0 fully saturated rings. The summed E-state index contributed by atoms with van der Waals surface area (Å²) >= 11 is 5.76. The Hall–Kier alpha value is -1.68. The van der Waals surface area contributed by atoms with Crippen LogP contribution in [0.25, 0.3) is 11.1 Å². The molecule has 0 aliphatic carbocycles. The molecule has 0 amide bonds. The lowest BCUT2D eigenvalue weighted by atomic mass is 10.1. The van der Waals surface area contributed by atoms with Gasteiger partial charge in [-0.1, -0.05) is 48.0 Å². The Morgan fingerprint density at radius 3 is 2.11 bits per heavy atom. The molecule has 0 saturated heterocycles. The smallest absolute Gasteiger partial charge is 0.404 e. The molecule has 5 heteroatoms. The summed E-state index contributed by atoms with van der Waals surface area (Å²) in [5.74, 6) is -0.399. The molecular formula is C13H8ClF3O. The zero-order valence-electron chi connectivity index (χ0n) is 9.04. The Morgan fingerprint density at radius 1 is 0.889 bits per heavy atom. The van der Waals surface area contributed by atoms with Crippen LogP contribution in [-0.2, 0) is 0 Å². The molecular weight excluding hydrogens is 265 g/mol. The molecule has 18 heavy (non-hydrogen) atoms. The van der Waals surface area contributed by atoms with Crippen molar-refractivity contribution in [2.45, 2.75) is 6.36 Å². The second-order valence-corrected chi connectivity index (χ2v) is 3.97. The fraction of sp³-hybridized carbons (Fsp3) is 0.0769. The van der Waals surface area contributed by atoms with Gasteiger partial charge >= 0.3 is 6.36 Å². The summed E-state index contributed by atoms with van der Waals surface area (Å²) in [6.45, 7) is 0. The van der Waals surface area contributed by atoms with Crippen LogP contribution in [0.15, 0.2) is 48.5 Å². The van der Waals surface area contributed by atoms with Gasteiger partial charge in [-0.25, -0.2) is 0 Å². The summed E-state index contributed by atoms with van der Waals surface area (Å²) in [4.78, 5) is 0. The number of hydrogen-bond donors (Lipinski definition) is 0. The molecule has 1 nitrogen and oxygen atoms in total. The van der Waals surface area contributed by atoms with E-state index in [1.165, 1.54) is 18.2 Å². The first-order chi connectivity index (χ1) is 8.46. The molecule has 2 rings (SSSR count). The molecule has 0 radical (unpaired) electrons. The van der Waals surface area contributed by atoms with E-state index in [1.54, 1.807) is 0 Å². The maximum atomic E-state index is 12.1. The number of halogens is 4. The van der Waals surface area contributed by atoms with E-state index in [9.17, 15) is 13.2 Å². The minimum absolute atomic E-state index is 0.0753. The number of rotatable bonds is 2. The first-order valence-electron chi connectivity index (χ1n) is 5.06. The van der Waals surface area contributed by atoms with Gasteiger partial charge in [0, 0.05) is 0 Å². The van der Waals surface area contributed by atoms with Crippen molar-refractivity contribution in [1.82, 2.24) is 0 Å². The Kier molecular flexibility index (Phi) is 3.48. The van der Waals surface area contributed by atoms with Crippen LogP contribution in [0, 0.1) is 0 Å². The Labute approximate surface area is 107 Å². The van der Waals surface area contributed by atoms with Gasteiger partial charge in [0.1, 0.15) is 5.75 Å². The highest BCUT2D eigenvalue weighted by Crippen LogP contribution is 2.33. The third-order valence-electron chi connectivity index (χ3n) is 2.26. The third kappa shape index (κ3) is 3.17. The van der Waals surface area contributed by atoms with Crippen molar-refractivity contribution in [1.29, 1.82) is 0 Å². The quantitative estimate of drug-likeness (QED) is 0.755. The Balaban J connectivity index is 2.31. The van der Waals surface area contributed by atoms with E-state index in [1.807, 2.05) is 30.3 Å². The molecule has 0 aromatic heterocycles. The molecule has 0 heterocycles. The fourth-order valence-electron chi connectivity index (χ4n) is 1.52. The van der Waals surface area contributed by atoms with Gasteiger partial charge < -0.3 is 4.74 Å². The molecule has 2 aromatic rings. The van der Waals surface area contributed by atoms with Crippen LogP contribution in [0.5, 0.6) is 5.75 Å². The third-order valence-corrected chi connectivity index (χ3v) is 2.56. The van der Waals surface area contributed by atoms with Crippen LogP contribution in [0.2, 0.25) is 5.02 Å². The monoisotopic (exact) mass is 272 g/mol. The maximum Gasteiger partial charge on any atom is 0.573 e. The van der Waals surface area contributed by atoms with E-state index in [4.69, 9.17) is 11.6 Å². The summed E-state index contributed by atoms with van der Waals surface area (Å²) in [7, 11) is 0. The normalized spacial score (nSPS) is 11.3. The van der Waals surface area contributed by atoms with Crippen LogP contribution < -0.4 is 4.74 Å². The van der Waals surface area contributed by atoms with Crippen molar-refractivity contribution in [3.05, 3.63) is 53.6 Å². The van der Waals surface area contributed by atoms with Gasteiger partial charge in [-0.15, -0.1) is 13.2 Å². The summed E-state index contributed by atoms with van der Waals surface area (Å²) in [6.07, 6.45) is -4.74. The number of benzene rings is 2. The van der Waals surface area contributed by atoms with Crippen molar-refractivity contribution in [3.63, 3.8) is 0 Å². The van der Waals surface area contributed by atoms with E-state index >= 15 is 0 Å². The average molecular weight is 273 g/mol. The highest BCUT2D eigenvalue weighted by Gasteiger charge is 2.32. The number of ether oxygens (including phenoxy) is 1. The van der Waals surface area contributed by atoms with Crippen LogP contribution in [0.3, 0.4) is 0 Å². The number of hydrogen-bond acceptors (Lipinski definition) is 1. The summed E-state index contributed by atoms with van der Waals surface area (Å²) in [5.41, 5.74) is 1.60. The summed E-state index contributed by atoms with van der Waals surface area (Å²) in [6, 6.07) is 13.4. The Morgan fingerprint density at radius 2 is 1.56 bits per heavy atom. The molecule has 2 aromatic carbocycles. The van der Waals surface area contributed by atoms with E-state index in [0.717, 1.165) is 11.1 Å². The molecule has 0 spiro atoms. The second kappa shape index (κ2) is 4.90. The molecule has 0 N–H and O–H groups in total. The standard InChI is InChI=1S/C13H8ClF3O/c14-11-8-10(9-4-2-1-3-5-9)6-7-12(11)18-13(15,16)17/h1-8H. The van der Waals surface area contributed by atoms with Crippen molar-refractivity contribution < 1.29 is 17.9 Å². The SMILES string of the molecule is FC(F)(F)Oc1ccc(-c2ccccc2)cc1Cl. The second-order valence-electron chi connectivity index (χ2n) is 3.56. The minimum Gasteiger partial charge on any atom is -0.404 e. The molecule has 0 atom stereocenters. The zero-order chi connectivity index (χ0) is 13.2. The van der Waals surface area contributed by atoms with Gasteiger partial charge in [-0.05, 0) is 23.3 Å². The molecule has 0 aliphatic heterocycles. The lowest BCUT2D eigenvalue weighted by Crippen LogP contribution is -2.17. The summed E-state index contributed by atoms with van der Waals surface area (Å²) in [5, 5.41) is -0.0753. The van der Waals surface area contributed by atoms with Crippen LogP contribution >= 0.6 is 11.6 Å². The molecule has 0 saturated carbocycles. The average Bonchev–Trinajstić information content (AvgIpc) is 2.31. The predicted octanol–water partition coefficient (Wildman–Crippen LogP) is 4.91. The Bertz CT molecular complexity index is 538. The van der Waals surface area contributed by atoms with Gasteiger partial charge in [-0.2, -0.15) is 0 Å². The van der Waals surface area contributed by atoms with Crippen molar-refractivity contribution in [3.8, 4) is 16.9 Å². The lowest BCUT2D eigenvalue weighted by Gasteiger charge is -2.11. The van der Waals surface area contributed by atoms with E-state index in [2.05, 4.69) is 4.74 Å². The van der Waals surface area contributed by atoms with Crippen molar-refractivity contribution >= 4 is 11.6 Å².